The smallest absolute Gasteiger partial charge is 0.227 e. The molecule has 0 N–H and O–H groups in total. The molecule has 1 amide bonds. The van der Waals surface area contributed by atoms with Crippen LogP contribution < -0.4 is 9.64 Å². The number of amides is 1. The average molecular weight is 480 g/mol. The molecule has 1 atom stereocenters. The molecule has 1 aliphatic heterocycles. The summed E-state index contributed by atoms with van der Waals surface area (Å²) < 4.78 is 8.41. The van der Waals surface area contributed by atoms with E-state index in [-0.39, 0.29) is 11.8 Å². The maximum absolute atomic E-state index is 12.9. The first kappa shape index (κ1) is 23.9. The molecule has 5 rings (SSSR count). The topological polar surface area (TPSA) is 47.4 Å². The second kappa shape index (κ2) is 10.8. The quantitative estimate of drug-likeness (QED) is 0.194. The third-order valence-corrected chi connectivity index (χ3v) is 6.89. The highest BCUT2D eigenvalue weighted by Gasteiger charge is 2.34. The lowest BCUT2D eigenvalue weighted by atomic mass is 10.1. The van der Waals surface area contributed by atoms with Crippen molar-refractivity contribution in [2.24, 2.45) is 0 Å². The number of carbonyl (C=O) groups excluding carboxylic acids is 1. The van der Waals surface area contributed by atoms with E-state index >= 15 is 0 Å². The van der Waals surface area contributed by atoms with Crippen molar-refractivity contribution in [3.8, 4) is 5.75 Å². The van der Waals surface area contributed by atoms with E-state index in [0.717, 1.165) is 54.1 Å². The number of hydrogen-bond acceptors (Lipinski definition) is 3. The number of allylic oxidation sites excluding steroid dienone is 1. The molecular weight excluding hydrogens is 446 g/mol. The lowest BCUT2D eigenvalue weighted by Gasteiger charge is -2.18. The Morgan fingerprint density at radius 3 is 2.64 bits per heavy atom. The van der Waals surface area contributed by atoms with Crippen LogP contribution in [0.15, 0.2) is 85.5 Å². The van der Waals surface area contributed by atoms with Crippen molar-refractivity contribution in [2.75, 3.05) is 18.1 Å². The molecular formula is C31H33N3O2. The van der Waals surface area contributed by atoms with Crippen molar-refractivity contribution in [1.29, 1.82) is 0 Å². The predicted octanol–water partition coefficient (Wildman–Crippen LogP) is 6.45. The summed E-state index contributed by atoms with van der Waals surface area (Å²) in [5, 5.41) is 0. The van der Waals surface area contributed by atoms with E-state index in [1.54, 1.807) is 0 Å². The van der Waals surface area contributed by atoms with Gasteiger partial charge in [0.05, 0.1) is 17.6 Å². The molecule has 36 heavy (non-hydrogen) atoms. The molecule has 1 aromatic heterocycles. The van der Waals surface area contributed by atoms with Gasteiger partial charge < -0.3 is 14.2 Å². The third kappa shape index (κ3) is 5.06. The maximum atomic E-state index is 12.9. The maximum Gasteiger partial charge on any atom is 0.227 e. The molecule has 184 valence electrons. The van der Waals surface area contributed by atoms with Crippen molar-refractivity contribution in [3.05, 3.63) is 102 Å². The number of para-hydroxylation sites is 3. The molecule has 5 nitrogen and oxygen atoms in total. The van der Waals surface area contributed by atoms with Gasteiger partial charge in [-0.2, -0.15) is 0 Å². The van der Waals surface area contributed by atoms with Crippen molar-refractivity contribution >= 4 is 22.6 Å². The number of nitrogens with zero attached hydrogens (tertiary/aromatic N) is 3. The van der Waals surface area contributed by atoms with Crippen LogP contribution in [0.5, 0.6) is 5.75 Å². The van der Waals surface area contributed by atoms with Gasteiger partial charge in [0.25, 0.3) is 0 Å². The van der Waals surface area contributed by atoms with Crippen molar-refractivity contribution < 1.29 is 9.53 Å². The van der Waals surface area contributed by atoms with Gasteiger partial charge in [0, 0.05) is 31.1 Å². The molecule has 0 radical (unpaired) electrons. The van der Waals surface area contributed by atoms with Gasteiger partial charge in [-0.15, -0.1) is 6.58 Å². The molecule has 4 aromatic rings. The summed E-state index contributed by atoms with van der Waals surface area (Å²) in [6.45, 7) is 8.08. The summed E-state index contributed by atoms with van der Waals surface area (Å²) in [5.74, 6) is 2.19. The summed E-state index contributed by atoms with van der Waals surface area (Å²) >= 11 is 0. The lowest BCUT2D eigenvalue weighted by molar-refractivity contribution is -0.117. The summed E-state index contributed by atoms with van der Waals surface area (Å²) in [7, 11) is 0. The highest BCUT2D eigenvalue weighted by Crippen LogP contribution is 2.33. The summed E-state index contributed by atoms with van der Waals surface area (Å²) in [6.07, 6.45) is 5.11. The van der Waals surface area contributed by atoms with E-state index in [2.05, 4.69) is 54.5 Å². The molecule has 0 aliphatic carbocycles. The number of aromatic nitrogens is 2. The zero-order valence-electron chi connectivity index (χ0n) is 20.9. The SMILES string of the molecule is C=CCc1ccccc1OCCCCn1c(C2CC(=O)N(c3ccc(C)cc3)C2)nc2ccccc21. The van der Waals surface area contributed by atoms with Gasteiger partial charge in [-0.1, -0.05) is 54.1 Å². The van der Waals surface area contributed by atoms with E-state index in [1.807, 2.05) is 47.4 Å². The van der Waals surface area contributed by atoms with E-state index in [9.17, 15) is 4.79 Å². The molecule has 0 bridgehead atoms. The molecule has 0 saturated carbocycles. The normalized spacial score (nSPS) is 15.5. The van der Waals surface area contributed by atoms with Crippen LogP contribution in [0.4, 0.5) is 5.69 Å². The van der Waals surface area contributed by atoms with Gasteiger partial charge in [-0.25, -0.2) is 4.98 Å². The van der Waals surface area contributed by atoms with Gasteiger partial charge in [0.2, 0.25) is 5.91 Å². The number of aryl methyl sites for hydroxylation is 2. The van der Waals surface area contributed by atoms with E-state index in [1.165, 1.54) is 11.1 Å². The first-order chi connectivity index (χ1) is 17.6. The first-order valence-corrected chi connectivity index (χ1v) is 12.8. The van der Waals surface area contributed by atoms with Gasteiger partial charge >= 0.3 is 0 Å². The molecule has 1 fully saturated rings. The number of anilines is 1. The molecule has 0 spiro atoms. The second-order valence-electron chi connectivity index (χ2n) is 9.51. The second-order valence-corrected chi connectivity index (χ2v) is 9.51. The fourth-order valence-electron chi connectivity index (χ4n) is 5.02. The zero-order chi connectivity index (χ0) is 24.9. The van der Waals surface area contributed by atoms with Crippen LogP contribution in [-0.4, -0.2) is 28.6 Å². The Hall–Kier alpha value is -3.86. The Kier molecular flexibility index (Phi) is 7.17. The Morgan fingerprint density at radius 2 is 1.81 bits per heavy atom. The van der Waals surface area contributed by atoms with Crippen LogP contribution in [0.25, 0.3) is 11.0 Å². The molecule has 1 unspecified atom stereocenters. The number of hydrogen-bond donors (Lipinski definition) is 0. The van der Waals surface area contributed by atoms with Crippen LogP contribution in [0.1, 0.15) is 42.1 Å². The van der Waals surface area contributed by atoms with Gasteiger partial charge in [-0.05, 0) is 62.1 Å². The molecule has 1 aliphatic rings. The number of fused-ring (bicyclic) bond motifs is 1. The number of carbonyl (C=O) groups is 1. The van der Waals surface area contributed by atoms with E-state index in [0.29, 0.717) is 19.6 Å². The van der Waals surface area contributed by atoms with E-state index in [4.69, 9.17) is 9.72 Å². The van der Waals surface area contributed by atoms with Crippen LogP contribution in [-0.2, 0) is 17.8 Å². The van der Waals surface area contributed by atoms with Crippen molar-refractivity contribution in [1.82, 2.24) is 9.55 Å². The minimum atomic E-state index is 0.0771. The number of unbranched alkanes of at least 4 members (excludes halogenated alkanes) is 1. The summed E-state index contributed by atoms with van der Waals surface area (Å²) in [4.78, 5) is 19.8. The molecule has 1 saturated heterocycles. The monoisotopic (exact) mass is 479 g/mol. The number of imidazole rings is 1. The molecule has 2 heterocycles. The minimum Gasteiger partial charge on any atom is -0.493 e. The average Bonchev–Trinajstić information content (AvgIpc) is 3.46. The van der Waals surface area contributed by atoms with Crippen LogP contribution in [0.3, 0.4) is 0 Å². The molecule has 3 aromatic carbocycles. The molecule has 5 heteroatoms. The van der Waals surface area contributed by atoms with Crippen molar-refractivity contribution in [2.45, 2.75) is 45.1 Å². The lowest BCUT2D eigenvalue weighted by Crippen LogP contribution is -2.24. The van der Waals surface area contributed by atoms with Crippen LogP contribution in [0.2, 0.25) is 0 Å². The predicted molar refractivity (Wildman–Crippen MR) is 146 cm³/mol. The minimum absolute atomic E-state index is 0.0771. The Bertz CT molecular complexity index is 1360. The standard InChI is InChI=1S/C31H33N3O2/c1-3-10-24-11-4-7-14-29(24)36-20-9-8-19-33-28-13-6-5-12-27(28)32-31(33)25-21-30(35)34(22-25)26-17-15-23(2)16-18-26/h3-7,11-18,25H,1,8-10,19-22H2,2H3. The van der Waals surface area contributed by atoms with E-state index < -0.39 is 0 Å². The zero-order valence-corrected chi connectivity index (χ0v) is 20.9. The van der Waals surface area contributed by atoms with Crippen molar-refractivity contribution in [3.63, 3.8) is 0 Å². The fraction of sp³-hybridized carbons (Fsp3) is 0.290. The number of benzene rings is 3. The third-order valence-electron chi connectivity index (χ3n) is 6.89. The Balaban J connectivity index is 1.28. The highest BCUT2D eigenvalue weighted by atomic mass is 16.5. The Morgan fingerprint density at radius 1 is 1.03 bits per heavy atom. The van der Waals surface area contributed by atoms with Gasteiger partial charge in [-0.3, -0.25) is 4.79 Å². The summed E-state index contributed by atoms with van der Waals surface area (Å²) in [6, 6.07) is 24.6. The first-order valence-electron chi connectivity index (χ1n) is 12.8. The van der Waals surface area contributed by atoms with Crippen LogP contribution >= 0.6 is 0 Å². The van der Waals surface area contributed by atoms with Gasteiger partial charge in [0.15, 0.2) is 0 Å². The number of rotatable bonds is 10. The largest absolute Gasteiger partial charge is 0.493 e. The number of ether oxygens (including phenoxy) is 1. The van der Waals surface area contributed by atoms with Gasteiger partial charge in [0.1, 0.15) is 11.6 Å². The Labute approximate surface area is 213 Å². The highest BCUT2D eigenvalue weighted by molar-refractivity contribution is 5.96. The summed E-state index contributed by atoms with van der Waals surface area (Å²) in [5.41, 5.74) is 5.44. The fourth-order valence-corrected chi connectivity index (χ4v) is 5.02. The van der Waals surface area contributed by atoms with Crippen LogP contribution in [0, 0.1) is 6.92 Å².